The molecule has 0 spiro atoms. The Morgan fingerprint density at radius 2 is 1.50 bits per heavy atom. The van der Waals surface area contributed by atoms with Crippen LogP contribution >= 0.6 is 45.6 Å². The van der Waals surface area contributed by atoms with Crippen molar-refractivity contribution in [3.8, 4) is 0 Å². The SMILES string of the molecule is COCC(C)(I)COCC(C)(C)CC(C)(C)OI. The lowest BCUT2D eigenvalue weighted by atomic mass is 9.82. The molecule has 18 heavy (non-hydrogen) atoms. The molecule has 0 saturated heterocycles. The van der Waals surface area contributed by atoms with Gasteiger partial charge in [-0.25, -0.2) is 0 Å². The van der Waals surface area contributed by atoms with Crippen LogP contribution in [-0.2, 0) is 12.5 Å². The van der Waals surface area contributed by atoms with Crippen molar-refractivity contribution in [3.05, 3.63) is 0 Å². The Morgan fingerprint density at radius 3 is 1.94 bits per heavy atom. The molecule has 0 aromatic carbocycles. The number of ether oxygens (including phenoxy) is 2. The van der Waals surface area contributed by atoms with Crippen LogP contribution in [0.25, 0.3) is 0 Å². The lowest BCUT2D eigenvalue weighted by Gasteiger charge is -2.33. The Hall–Kier alpha value is 1.34. The highest BCUT2D eigenvalue weighted by Gasteiger charge is 2.30. The Labute approximate surface area is 140 Å². The second kappa shape index (κ2) is 7.95. The number of methoxy groups -OCH3 is 1. The van der Waals surface area contributed by atoms with Crippen LogP contribution in [0.2, 0.25) is 0 Å². The quantitative estimate of drug-likeness (QED) is 0.359. The Balaban J connectivity index is 4.12. The second-order valence-electron chi connectivity index (χ2n) is 6.52. The average Bonchev–Trinajstić information content (AvgIpc) is 2.14. The van der Waals surface area contributed by atoms with Crippen molar-refractivity contribution in [2.24, 2.45) is 5.41 Å². The van der Waals surface area contributed by atoms with Crippen molar-refractivity contribution in [1.82, 2.24) is 0 Å². The first-order valence-electron chi connectivity index (χ1n) is 6.09. The standard InChI is InChI=1S/C13H26I2O3/c1-11(2,7-12(3,4)18-15)8-17-10-13(5,14)9-16-6/h7-10H2,1-6H3. The summed E-state index contributed by atoms with van der Waals surface area (Å²) in [6.07, 6.45) is 0.963. The summed E-state index contributed by atoms with van der Waals surface area (Å²) in [5.41, 5.74) is -0.0119. The highest BCUT2D eigenvalue weighted by atomic mass is 127. The smallest absolute Gasteiger partial charge is 0.110 e. The highest BCUT2D eigenvalue weighted by molar-refractivity contribution is 14.1. The fraction of sp³-hybridized carbons (Fsp3) is 1.00. The van der Waals surface area contributed by atoms with E-state index in [2.05, 4.69) is 57.2 Å². The van der Waals surface area contributed by atoms with E-state index in [-0.39, 0.29) is 14.4 Å². The van der Waals surface area contributed by atoms with Gasteiger partial charge in [0, 0.05) is 7.11 Å². The molecule has 1 unspecified atom stereocenters. The predicted octanol–water partition coefficient (Wildman–Crippen LogP) is 4.40. The highest BCUT2D eigenvalue weighted by Crippen LogP contribution is 2.32. The van der Waals surface area contributed by atoms with Crippen molar-refractivity contribution < 1.29 is 12.5 Å². The maximum absolute atomic E-state index is 5.86. The number of halogens is 2. The van der Waals surface area contributed by atoms with Crippen LogP contribution in [0.5, 0.6) is 0 Å². The molecule has 5 heteroatoms. The van der Waals surface area contributed by atoms with Gasteiger partial charge in [0.15, 0.2) is 0 Å². The van der Waals surface area contributed by atoms with E-state index < -0.39 is 0 Å². The molecule has 0 rings (SSSR count). The topological polar surface area (TPSA) is 27.7 Å². The molecule has 0 saturated carbocycles. The van der Waals surface area contributed by atoms with Gasteiger partial charge in [0.25, 0.3) is 0 Å². The zero-order valence-electron chi connectivity index (χ0n) is 12.3. The van der Waals surface area contributed by atoms with Gasteiger partial charge in [0.05, 0.1) is 28.8 Å². The van der Waals surface area contributed by atoms with E-state index in [0.717, 1.165) is 13.0 Å². The molecule has 0 fully saturated rings. The minimum atomic E-state index is -0.117. The molecule has 1 atom stereocenters. The molecular formula is C13H26I2O3. The van der Waals surface area contributed by atoms with Gasteiger partial charge in [-0.05, 0) is 32.6 Å². The zero-order chi connectivity index (χ0) is 14.4. The van der Waals surface area contributed by atoms with Gasteiger partial charge in [-0.3, -0.25) is 0 Å². The second-order valence-corrected chi connectivity index (χ2v) is 9.56. The van der Waals surface area contributed by atoms with Crippen molar-refractivity contribution in [3.63, 3.8) is 0 Å². The summed E-state index contributed by atoms with van der Waals surface area (Å²) in [7, 11) is 1.72. The number of hydrogen-bond donors (Lipinski definition) is 0. The molecule has 0 bridgehead atoms. The van der Waals surface area contributed by atoms with Crippen LogP contribution < -0.4 is 0 Å². The van der Waals surface area contributed by atoms with E-state index in [1.807, 2.05) is 23.0 Å². The van der Waals surface area contributed by atoms with Crippen molar-refractivity contribution in [2.45, 2.75) is 50.1 Å². The van der Waals surface area contributed by atoms with Crippen LogP contribution in [0.3, 0.4) is 0 Å². The van der Waals surface area contributed by atoms with Gasteiger partial charge >= 0.3 is 0 Å². The largest absolute Gasteiger partial charge is 0.383 e. The van der Waals surface area contributed by atoms with Crippen LogP contribution in [0.1, 0.15) is 41.0 Å². The van der Waals surface area contributed by atoms with E-state index in [9.17, 15) is 0 Å². The first-order chi connectivity index (χ1) is 8.04. The van der Waals surface area contributed by atoms with Gasteiger partial charge in [-0.1, -0.05) is 36.4 Å². The van der Waals surface area contributed by atoms with Crippen LogP contribution in [0.15, 0.2) is 0 Å². The normalized spacial score (nSPS) is 16.7. The Morgan fingerprint density at radius 1 is 0.944 bits per heavy atom. The van der Waals surface area contributed by atoms with Crippen molar-refractivity contribution in [2.75, 3.05) is 26.9 Å². The van der Waals surface area contributed by atoms with Crippen molar-refractivity contribution >= 4 is 45.6 Å². The molecule has 3 nitrogen and oxygen atoms in total. The van der Waals surface area contributed by atoms with E-state index in [0.29, 0.717) is 13.2 Å². The summed E-state index contributed by atoms with van der Waals surface area (Å²) in [5, 5.41) is 0. The summed E-state index contributed by atoms with van der Waals surface area (Å²) in [6, 6.07) is 0. The van der Waals surface area contributed by atoms with Gasteiger partial charge in [0.1, 0.15) is 23.0 Å². The predicted molar refractivity (Wildman–Crippen MR) is 92.7 cm³/mol. The molecular weight excluding hydrogens is 458 g/mol. The van der Waals surface area contributed by atoms with Gasteiger partial charge in [0.2, 0.25) is 0 Å². The monoisotopic (exact) mass is 484 g/mol. The van der Waals surface area contributed by atoms with E-state index in [4.69, 9.17) is 12.5 Å². The molecule has 0 aliphatic rings. The number of rotatable bonds is 9. The van der Waals surface area contributed by atoms with Gasteiger partial charge < -0.3 is 12.5 Å². The van der Waals surface area contributed by atoms with Crippen LogP contribution in [-0.4, -0.2) is 36.0 Å². The van der Waals surface area contributed by atoms with Crippen LogP contribution in [0, 0.1) is 5.41 Å². The minimum Gasteiger partial charge on any atom is -0.383 e. The van der Waals surface area contributed by atoms with Crippen LogP contribution in [0.4, 0.5) is 0 Å². The lowest BCUT2D eigenvalue weighted by Crippen LogP contribution is -2.35. The maximum Gasteiger partial charge on any atom is 0.110 e. The first kappa shape index (κ1) is 19.3. The molecule has 110 valence electrons. The third kappa shape index (κ3) is 9.28. The van der Waals surface area contributed by atoms with E-state index >= 15 is 0 Å². The molecule has 0 aromatic heterocycles. The summed E-state index contributed by atoms with van der Waals surface area (Å²) in [4.78, 5) is 0. The lowest BCUT2D eigenvalue weighted by molar-refractivity contribution is 0.00666. The zero-order valence-corrected chi connectivity index (χ0v) is 16.6. The third-order valence-electron chi connectivity index (χ3n) is 2.45. The molecule has 0 aliphatic heterocycles. The summed E-state index contributed by atoms with van der Waals surface area (Å²) < 4.78 is 16.5. The van der Waals surface area contributed by atoms with E-state index in [1.54, 1.807) is 7.11 Å². The number of hydrogen-bond acceptors (Lipinski definition) is 3. The molecule has 0 N–H and O–H groups in total. The summed E-state index contributed by atoms with van der Waals surface area (Å²) in [5.74, 6) is 0. The fourth-order valence-corrected chi connectivity index (χ4v) is 2.80. The Kier molecular flexibility index (Phi) is 8.54. The molecule has 0 aliphatic carbocycles. The molecule has 0 heterocycles. The molecule has 0 radical (unpaired) electrons. The summed E-state index contributed by atoms with van der Waals surface area (Å²) >= 11 is 4.36. The van der Waals surface area contributed by atoms with Crippen molar-refractivity contribution in [1.29, 1.82) is 0 Å². The first-order valence-corrected chi connectivity index (χ1v) is 8.05. The average molecular weight is 484 g/mol. The third-order valence-corrected chi connectivity index (χ3v) is 4.27. The molecule has 0 aromatic rings. The summed E-state index contributed by atoms with van der Waals surface area (Å²) in [6.45, 7) is 12.9. The fourth-order valence-electron chi connectivity index (χ4n) is 2.11. The van der Waals surface area contributed by atoms with Gasteiger partial charge in [-0.2, -0.15) is 0 Å². The van der Waals surface area contributed by atoms with E-state index in [1.165, 1.54) is 0 Å². The maximum atomic E-state index is 5.86. The van der Waals surface area contributed by atoms with Gasteiger partial charge in [-0.15, -0.1) is 0 Å². The minimum absolute atomic E-state index is 0.0396. The molecule has 0 amide bonds. The Bertz CT molecular complexity index is 240. The number of alkyl halides is 1.